The largest absolute Gasteiger partial charge is 0.478 e. The molecule has 0 atom stereocenters. The van der Waals surface area contributed by atoms with E-state index in [0.717, 1.165) is 31.7 Å². The predicted octanol–water partition coefficient (Wildman–Crippen LogP) is 3.18. The fourth-order valence-corrected chi connectivity index (χ4v) is 2.51. The van der Waals surface area contributed by atoms with Gasteiger partial charge in [-0.3, -0.25) is 0 Å². The summed E-state index contributed by atoms with van der Waals surface area (Å²) in [5.41, 5.74) is -1.27. The standard InChI is InChI=1S/C13H15F3N2O2/c1-18(8-4-2-3-5-8)11-9(12(19)20)6-7-10(17-11)13(14,15)16/h6-8H,2-5H2,1H3,(H,19,20). The van der Waals surface area contributed by atoms with Crippen LogP contribution in [0.2, 0.25) is 0 Å². The maximum absolute atomic E-state index is 12.7. The topological polar surface area (TPSA) is 53.4 Å². The van der Waals surface area contributed by atoms with E-state index in [2.05, 4.69) is 4.98 Å². The molecule has 0 unspecified atom stereocenters. The molecule has 1 aromatic heterocycles. The van der Waals surface area contributed by atoms with Crippen molar-refractivity contribution in [3.63, 3.8) is 0 Å². The molecule has 0 aromatic carbocycles. The van der Waals surface area contributed by atoms with Crippen LogP contribution in [0.4, 0.5) is 19.0 Å². The van der Waals surface area contributed by atoms with Gasteiger partial charge < -0.3 is 10.0 Å². The molecule has 4 nitrogen and oxygen atoms in total. The summed E-state index contributed by atoms with van der Waals surface area (Å²) < 4.78 is 38.1. The number of halogens is 3. The van der Waals surface area contributed by atoms with E-state index in [-0.39, 0.29) is 17.4 Å². The Morgan fingerprint density at radius 2 is 1.95 bits per heavy atom. The molecule has 0 saturated heterocycles. The first-order valence-corrected chi connectivity index (χ1v) is 6.35. The molecule has 20 heavy (non-hydrogen) atoms. The third kappa shape index (κ3) is 2.86. The molecule has 0 radical (unpaired) electrons. The molecule has 0 amide bonds. The zero-order chi connectivity index (χ0) is 14.9. The fourth-order valence-electron chi connectivity index (χ4n) is 2.51. The summed E-state index contributed by atoms with van der Waals surface area (Å²) in [5, 5.41) is 9.10. The molecular weight excluding hydrogens is 273 g/mol. The van der Waals surface area contributed by atoms with Gasteiger partial charge in [0.05, 0.1) is 0 Å². The van der Waals surface area contributed by atoms with Crippen molar-refractivity contribution in [1.82, 2.24) is 4.98 Å². The second-order valence-electron chi connectivity index (χ2n) is 4.92. The molecule has 0 spiro atoms. The van der Waals surface area contributed by atoms with Crippen molar-refractivity contribution in [3.8, 4) is 0 Å². The number of hydrogen-bond donors (Lipinski definition) is 1. The van der Waals surface area contributed by atoms with Gasteiger partial charge in [0.25, 0.3) is 0 Å². The molecule has 0 aliphatic heterocycles. The molecular formula is C13H15F3N2O2. The minimum absolute atomic E-state index is 0.0454. The lowest BCUT2D eigenvalue weighted by Crippen LogP contribution is -2.31. The van der Waals surface area contributed by atoms with Gasteiger partial charge in [-0.25, -0.2) is 9.78 Å². The van der Waals surface area contributed by atoms with Crippen LogP contribution in [-0.4, -0.2) is 29.1 Å². The van der Waals surface area contributed by atoms with E-state index in [1.54, 1.807) is 11.9 Å². The molecule has 1 aliphatic carbocycles. The minimum atomic E-state index is -4.58. The number of carbonyl (C=O) groups is 1. The van der Waals surface area contributed by atoms with Crippen molar-refractivity contribution < 1.29 is 23.1 Å². The zero-order valence-electron chi connectivity index (χ0n) is 10.9. The Bertz CT molecular complexity index is 511. The lowest BCUT2D eigenvalue weighted by atomic mass is 10.1. The van der Waals surface area contributed by atoms with Gasteiger partial charge in [0.2, 0.25) is 0 Å². The molecule has 0 bridgehead atoms. The highest BCUT2D eigenvalue weighted by molar-refractivity contribution is 5.93. The predicted molar refractivity (Wildman–Crippen MR) is 66.9 cm³/mol. The van der Waals surface area contributed by atoms with Crippen LogP contribution in [0.15, 0.2) is 12.1 Å². The Morgan fingerprint density at radius 3 is 2.45 bits per heavy atom. The summed E-state index contributed by atoms with van der Waals surface area (Å²) in [5.74, 6) is -1.38. The molecule has 1 saturated carbocycles. The number of alkyl halides is 3. The van der Waals surface area contributed by atoms with Crippen molar-refractivity contribution in [3.05, 3.63) is 23.4 Å². The lowest BCUT2D eigenvalue weighted by molar-refractivity contribution is -0.141. The van der Waals surface area contributed by atoms with Gasteiger partial charge in [0.1, 0.15) is 17.1 Å². The highest BCUT2D eigenvalue weighted by Gasteiger charge is 2.34. The number of anilines is 1. The maximum atomic E-state index is 12.7. The summed E-state index contributed by atoms with van der Waals surface area (Å²) in [6, 6.07) is 1.72. The average Bonchev–Trinajstić information content (AvgIpc) is 2.89. The monoisotopic (exact) mass is 288 g/mol. The number of nitrogens with zero attached hydrogens (tertiary/aromatic N) is 2. The van der Waals surface area contributed by atoms with Crippen molar-refractivity contribution in [1.29, 1.82) is 0 Å². The van der Waals surface area contributed by atoms with Crippen LogP contribution in [0.3, 0.4) is 0 Å². The maximum Gasteiger partial charge on any atom is 0.433 e. The molecule has 1 fully saturated rings. The Kier molecular flexibility index (Phi) is 3.87. The van der Waals surface area contributed by atoms with Gasteiger partial charge in [0.15, 0.2) is 0 Å². The number of carboxylic acids is 1. The van der Waals surface area contributed by atoms with Crippen LogP contribution in [0, 0.1) is 0 Å². The van der Waals surface area contributed by atoms with Gasteiger partial charge in [-0.1, -0.05) is 12.8 Å². The molecule has 110 valence electrons. The van der Waals surface area contributed by atoms with E-state index in [9.17, 15) is 18.0 Å². The smallest absolute Gasteiger partial charge is 0.433 e. The summed E-state index contributed by atoms with van der Waals surface area (Å²) in [6.07, 6.45) is -0.907. The number of carboxylic acid groups (broad SMARTS) is 1. The normalized spacial score (nSPS) is 16.4. The van der Waals surface area contributed by atoms with Gasteiger partial charge in [-0.15, -0.1) is 0 Å². The Hall–Kier alpha value is -1.79. The van der Waals surface area contributed by atoms with Gasteiger partial charge in [-0.2, -0.15) is 13.2 Å². The minimum Gasteiger partial charge on any atom is -0.478 e. The molecule has 2 rings (SSSR count). The van der Waals surface area contributed by atoms with Crippen LogP contribution in [0.25, 0.3) is 0 Å². The average molecular weight is 288 g/mol. The summed E-state index contributed by atoms with van der Waals surface area (Å²) in [7, 11) is 1.60. The number of aromatic carboxylic acids is 1. The van der Waals surface area contributed by atoms with E-state index in [1.165, 1.54) is 0 Å². The van der Waals surface area contributed by atoms with E-state index in [0.29, 0.717) is 6.07 Å². The summed E-state index contributed by atoms with van der Waals surface area (Å²) in [4.78, 5) is 16.2. The number of pyridine rings is 1. The van der Waals surface area contributed by atoms with Crippen molar-refractivity contribution in [2.75, 3.05) is 11.9 Å². The first kappa shape index (κ1) is 14.6. The zero-order valence-corrected chi connectivity index (χ0v) is 10.9. The van der Waals surface area contributed by atoms with E-state index < -0.39 is 17.8 Å². The number of aromatic nitrogens is 1. The van der Waals surface area contributed by atoms with Crippen LogP contribution >= 0.6 is 0 Å². The first-order chi connectivity index (χ1) is 9.30. The molecule has 1 aromatic rings. The Morgan fingerprint density at radius 1 is 1.35 bits per heavy atom. The van der Waals surface area contributed by atoms with Crippen LogP contribution in [0.5, 0.6) is 0 Å². The van der Waals surface area contributed by atoms with Crippen molar-refractivity contribution in [2.45, 2.75) is 37.9 Å². The van der Waals surface area contributed by atoms with Gasteiger partial charge in [0, 0.05) is 13.1 Å². The van der Waals surface area contributed by atoms with E-state index in [1.807, 2.05) is 0 Å². The van der Waals surface area contributed by atoms with Gasteiger partial charge in [-0.05, 0) is 25.0 Å². The first-order valence-electron chi connectivity index (χ1n) is 6.35. The summed E-state index contributed by atoms with van der Waals surface area (Å²) >= 11 is 0. The SMILES string of the molecule is CN(c1nc(C(F)(F)F)ccc1C(=O)O)C1CCCC1. The van der Waals surface area contributed by atoms with Crippen LogP contribution in [-0.2, 0) is 6.18 Å². The molecule has 7 heteroatoms. The highest BCUT2D eigenvalue weighted by Crippen LogP contribution is 2.33. The molecule has 1 aliphatic rings. The highest BCUT2D eigenvalue weighted by atomic mass is 19.4. The summed E-state index contributed by atoms with van der Waals surface area (Å²) in [6.45, 7) is 0. The number of hydrogen-bond acceptors (Lipinski definition) is 3. The molecule has 1 N–H and O–H groups in total. The van der Waals surface area contributed by atoms with E-state index in [4.69, 9.17) is 5.11 Å². The Labute approximate surface area is 114 Å². The lowest BCUT2D eigenvalue weighted by Gasteiger charge is -2.27. The van der Waals surface area contributed by atoms with Crippen LogP contribution < -0.4 is 4.90 Å². The van der Waals surface area contributed by atoms with Crippen molar-refractivity contribution >= 4 is 11.8 Å². The van der Waals surface area contributed by atoms with Crippen molar-refractivity contribution in [2.24, 2.45) is 0 Å². The second-order valence-corrected chi connectivity index (χ2v) is 4.92. The second kappa shape index (κ2) is 5.30. The Balaban J connectivity index is 2.43. The van der Waals surface area contributed by atoms with E-state index >= 15 is 0 Å². The third-order valence-corrected chi connectivity index (χ3v) is 3.60. The molecule has 1 heterocycles. The third-order valence-electron chi connectivity index (χ3n) is 3.60. The van der Waals surface area contributed by atoms with Crippen LogP contribution in [0.1, 0.15) is 41.7 Å². The van der Waals surface area contributed by atoms with Gasteiger partial charge >= 0.3 is 12.1 Å². The quantitative estimate of drug-likeness (QED) is 0.928. The number of rotatable bonds is 3. The fraction of sp³-hybridized carbons (Fsp3) is 0.538.